The Balaban J connectivity index is 2.11. The highest BCUT2D eigenvalue weighted by molar-refractivity contribution is 4.98. The third-order valence-corrected chi connectivity index (χ3v) is 4.37. The molecule has 2 bridgehead atoms. The Kier molecular flexibility index (Phi) is 1.56. The van der Waals surface area contributed by atoms with Crippen LogP contribution in [0, 0.1) is 23.2 Å². The van der Waals surface area contributed by atoms with Crippen LogP contribution in [-0.4, -0.2) is 0 Å². The van der Waals surface area contributed by atoms with Crippen LogP contribution < -0.4 is 0 Å². The van der Waals surface area contributed by atoms with Gasteiger partial charge in [0.1, 0.15) is 0 Å². The third-order valence-electron chi connectivity index (χ3n) is 4.37. The summed E-state index contributed by atoms with van der Waals surface area (Å²) in [5.74, 6) is 3.13. The van der Waals surface area contributed by atoms with Crippen molar-refractivity contribution in [3.05, 3.63) is 0 Å². The van der Waals surface area contributed by atoms with Gasteiger partial charge in [0.25, 0.3) is 0 Å². The van der Waals surface area contributed by atoms with Gasteiger partial charge >= 0.3 is 0 Å². The number of hydrogen-bond donors (Lipinski definition) is 0. The molecule has 3 rings (SSSR count). The molecule has 0 spiro atoms. The maximum atomic E-state index is 2.48. The highest BCUT2D eigenvalue weighted by Gasteiger charge is 2.49. The van der Waals surface area contributed by atoms with E-state index in [0.29, 0.717) is 5.41 Å². The zero-order chi connectivity index (χ0) is 8.06. The number of rotatable bonds is 0. The summed E-state index contributed by atoms with van der Waals surface area (Å²) >= 11 is 0. The van der Waals surface area contributed by atoms with E-state index in [9.17, 15) is 0 Å². The van der Waals surface area contributed by atoms with E-state index in [2.05, 4.69) is 20.8 Å². The van der Waals surface area contributed by atoms with Gasteiger partial charge < -0.3 is 0 Å². The molecule has 0 aliphatic heterocycles. The molecule has 0 heteroatoms. The zero-order valence-corrected chi connectivity index (χ0v) is 8.06. The van der Waals surface area contributed by atoms with Gasteiger partial charge in [-0.05, 0) is 42.4 Å². The van der Waals surface area contributed by atoms with Crippen molar-refractivity contribution in [3.63, 3.8) is 0 Å². The van der Waals surface area contributed by atoms with Gasteiger partial charge in [-0.1, -0.05) is 27.2 Å². The molecule has 3 unspecified atom stereocenters. The summed E-state index contributed by atoms with van der Waals surface area (Å²) in [7, 11) is 0. The fourth-order valence-corrected chi connectivity index (χ4v) is 3.10. The lowest BCUT2D eigenvalue weighted by atomic mass is 9.54. The predicted molar refractivity (Wildman–Crippen MR) is 48.4 cm³/mol. The molecule has 3 fully saturated rings. The molecule has 0 saturated heterocycles. The van der Waals surface area contributed by atoms with Crippen LogP contribution in [0.3, 0.4) is 0 Å². The largest absolute Gasteiger partial charge is 0.0625 e. The third kappa shape index (κ3) is 1.02. The zero-order valence-electron chi connectivity index (χ0n) is 8.06. The van der Waals surface area contributed by atoms with Crippen molar-refractivity contribution in [2.45, 2.75) is 46.5 Å². The highest BCUT2D eigenvalue weighted by Crippen LogP contribution is 2.58. The smallest absolute Gasteiger partial charge is 0.0297 e. The van der Waals surface area contributed by atoms with Gasteiger partial charge in [0.2, 0.25) is 0 Å². The first-order valence-electron chi connectivity index (χ1n) is 5.10. The molecular weight excluding hydrogens is 132 g/mol. The molecule has 3 aliphatic rings. The van der Waals surface area contributed by atoms with Crippen LogP contribution in [0.2, 0.25) is 0 Å². The molecule has 3 aliphatic carbocycles. The van der Waals surface area contributed by atoms with E-state index in [0.717, 1.165) is 17.8 Å². The monoisotopic (exact) mass is 152 g/mol. The summed E-state index contributed by atoms with van der Waals surface area (Å²) in [6, 6.07) is 0. The topological polar surface area (TPSA) is 0 Å². The summed E-state index contributed by atoms with van der Waals surface area (Å²) in [6.07, 6.45) is 6.04. The highest BCUT2D eigenvalue weighted by atomic mass is 14.5. The van der Waals surface area contributed by atoms with Gasteiger partial charge in [-0.3, -0.25) is 0 Å². The molecule has 11 heavy (non-hydrogen) atoms. The van der Waals surface area contributed by atoms with Crippen LogP contribution in [0.25, 0.3) is 0 Å². The summed E-state index contributed by atoms with van der Waals surface area (Å²) in [5.41, 5.74) is 0.699. The molecule has 0 nitrogen and oxygen atoms in total. The second-order valence-corrected chi connectivity index (χ2v) is 5.37. The van der Waals surface area contributed by atoms with E-state index >= 15 is 0 Å². The van der Waals surface area contributed by atoms with E-state index in [1.165, 1.54) is 25.7 Å². The average Bonchev–Trinajstić information content (AvgIpc) is 2.17. The van der Waals surface area contributed by atoms with Gasteiger partial charge in [-0.15, -0.1) is 0 Å². The van der Waals surface area contributed by atoms with E-state index in [1.54, 1.807) is 0 Å². The molecule has 0 radical (unpaired) electrons. The first-order valence-corrected chi connectivity index (χ1v) is 5.10. The lowest BCUT2D eigenvalue weighted by molar-refractivity contribution is -0.0170. The maximum absolute atomic E-state index is 2.48. The quantitative estimate of drug-likeness (QED) is 0.498. The first kappa shape index (κ1) is 7.64. The Hall–Kier alpha value is 0. The van der Waals surface area contributed by atoms with Crippen molar-refractivity contribution in [3.8, 4) is 0 Å². The van der Waals surface area contributed by atoms with Crippen molar-refractivity contribution in [2.75, 3.05) is 0 Å². The minimum atomic E-state index is 0.699. The lowest BCUT2D eigenvalue weighted by Gasteiger charge is -2.51. The fraction of sp³-hybridized carbons (Fsp3) is 1.00. The summed E-state index contributed by atoms with van der Waals surface area (Å²) in [6.45, 7) is 7.38. The summed E-state index contributed by atoms with van der Waals surface area (Å²) in [5, 5.41) is 0. The van der Waals surface area contributed by atoms with Gasteiger partial charge in [-0.2, -0.15) is 0 Å². The van der Waals surface area contributed by atoms with Crippen LogP contribution in [0.1, 0.15) is 46.5 Å². The normalized spacial score (nSPS) is 47.7. The van der Waals surface area contributed by atoms with E-state index in [4.69, 9.17) is 0 Å². The lowest BCUT2D eigenvalue weighted by Crippen LogP contribution is -2.43. The molecule has 0 aromatic rings. The molecule has 0 aromatic heterocycles. The van der Waals surface area contributed by atoms with Crippen molar-refractivity contribution in [1.82, 2.24) is 0 Å². The van der Waals surface area contributed by atoms with E-state index < -0.39 is 0 Å². The second-order valence-electron chi connectivity index (χ2n) is 5.37. The fourth-order valence-electron chi connectivity index (χ4n) is 3.10. The molecule has 0 aromatic carbocycles. The molecule has 0 heterocycles. The summed E-state index contributed by atoms with van der Waals surface area (Å²) in [4.78, 5) is 0. The van der Waals surface area contributed by atoms with Gasteiger partial charge in [0.15, 0.2) is 0 Å². The average molecular weight is 152 g/mol. The Morgan fingerprint density at radius 2 is 1.73 bits per heavy atom. The Morgan fingerprint density at radius 1 is 1.00 bits per heavy atom. The summed E-state index contributed by atoms with van der Waals surface area (Å²) < 4.78 is 0. The Bertz CT molecular complexity index is 157. The first-order chi connectivity index (χ1) is 5.10. The van der Waals surface area contributed by atoms with Crippen LogP contribution in [0.15, 0.2) is 0 Å². The van der Waals surface area contributed by atoms with Crippen molar-refractivity contribution in [2.24, 2.45) is 23.2 Å². The van der Waals surface area contributed by atoms with Crippen LogP contribution in [0.4, 0.5) is 0 Å². The van der Waals surface area contributed by atoms with Crippen LogP contribution in [-0.2, 0) is 0 Å². The van der Waals surface area contributed by atoms with Crippen LogP contribution >= 0.6 is 0 Å². The van der Waals surface area contributed by atoms with Gasteiger partial charge in [-0.25, -0.2) is 0 Å². The molecule has 3 atom stereocenters. The minimum Gasteiger partial charge on any atom is -0.0625 e. The van der Waals surface area contributed by atoms with Crippen molar-refractivity contribution >= 4 is 0 Å². The second kappa shape index (κ2) is 2.24. The van der Waals surface area contributed by atoms with E-state index in [1.807, 2.05) is 0 Å². The standard InChI is InChI=1S/C11H20/c1-8-4-5-9-7-10(6-8)11(9,2)3/h8-10H,4-7H2,1-3H3. The van der Waals surface area contributed by atoms with Crippen molar-refractivity contribution < 1.29 is 0 Å². The van der Waals surface area contributed by atoms with Crippen molar-refractivity contribution in [1.29, 1.82) is 0 Å². The molecule has 0 amide bonds. The Labute approximate surface area is 70.4 Å². The number of fused-ring (bicyclic) bond motifs is 3. The molecule has 0 N–H and O–H groups in total. The molecular formula is C11H20. The molecule has 3 saturated carbocycles. The SMILES string of the molecule is CC1CCC2CC(C1)C2(C)C. The number of hydrogen-bond acceptors (Lipinski definition) is 0. The van der Waals surface area contributed by atoms with Crippen LogP contribution in [0.5, 0.6) is 0 Å². The predicted octanol–water partition coefficient (Wildman–Crippen LogP) is 3.47. The molecule has 64 valence electrons. The maximum Gasteiger partial charge on any atom is -0.0297 e. The minimum absolute atomic E-state index is 0.699. The van der Waals surface area contributed by atoms with E-state index in [-0.39, 0.29) is 0 Å². The Morgan fingerprint density at radius 3 is 2.36 bits per heavy atom. The van der Waals surface area contributed by atoms with Gasteiger partial charge in [0, 0.05) is 0 Å². The van der Waals surface area contributed by atoms with Gasteiger partial charge in [0.05, 0.1) is 0 Å².